The van der Waals surface area contributed by atoms with Gasteiger partial charge in [-0.25, -0.2) is 4.79 Å². The molecule has 7 heteroatoms. The van der Waals surface area contributed by atoms with Crippen LogP contribution in [0.1, 0.15) is 85.5 Å². The Hall–Kier alpha value is -2.05. The maximum atomic E-state index is 12.6. The molecule has 3 fully saturated rings. The lowest BCUT2D eigenvalue weighted by Gasteiger charge is -2.39. The number of nitrogens with zero attached hydrogens (tertiary/aromatic N) is 3. The van der Waals surface area contributed by atoms with E-state index >= 15 is 0 Å². The Bertz CT molecular complexity index is 726. The lowest BCUT2D eigenvalue weighted by atomic mass is 9.86. The molecule has 0 unspecified atom stereocenters. The summed E-state index contributed by atoms with van der Waals surface area (Å²) in [4.78, 5) is 14.5. The fourth-order valence-electron chi connectivity index (χ4n) is 5.27. The minimum atomic E-state index is -0.474. The Kier molecular flexibility index (Phi) is 6.58. The van der Waals surface area contributed by atoms with E-state index in [1.807, 2.05) is 37.8 Å². The third-order valence-corrected chi connectivity index (χ3v) is 6.86. The lowest BCUT2D eigenvalue weighted by molar-refractivity contribution is -0.00777. The zero-order valence-corrected chi connectivity index (χ0v) is 19.4. The summed E-state index contributed by atoms with van der Waals surface area (Å²) in [5.74, 6) is 1.95. The molecule has 0 N–H and O–H groups in total. The summed E-state index contributed by atoms with van der Waals surface area (Å²) >= 11 is 0. The quantitative estimate of drug-likeness (QED) is 0.643. The molecule has 1 aromatic rings. The van der Waals surface area contributed by atoms with Crippen LogP contribution in [0.2, 0.25) is 0 Å². The second-order valence-corrected chi connectivity index (χ2v) is 10.4. The smallest absolute Gasteiger partial charge is 0.410 e. The Balaban J connectivity index is 1.27. The number of amides is 1. The van der Waals surface area contributed by atoms with Crippen LogP contribution >= 0.6 is 0 Å². The minimum absolute atomic E-state index is 0.0431. The van der Waals surface area contributed by atoms with Gasteiger partial charge in [-0.3, -0.25) is 0 Å². The molecule has 1 aliphatic carbocycles. The summed E-state index contributed by atoms with van der Waals surface area (Å²) in [6.45, 7) is 7.99. The topological polar surface area (TPSA) is 73.8 Å². The van der Waals surface area contributed by atoms with Crippen LogP contribution in [0.5, 0.6) is 11.8 Å². The van der Waals surface area contributed by atoms with E-state index in [9.17, 15) is 4.79 Å². The van der Waals surface area contributed by atoms with Crippen molar-refractivity contribution in [3.8, 4) is 11.8 Å². The van der Waals surface area contributed by atoms with Crippen LogP contribution in [-0.4, -0.2) is 51.1 Å². The van der Waals surface area contributed by atoms with Crippen LogP contribution in [0, 0.1) is 5.92 Å². The van der Waals surface area contributed by atoms with Gasteiger partial charge in [0.25, 0.3) is 0 Å². The number of hydrogen-bond donors (Lipinski definition) is 0. The summed E-state index contributed by atoms with van der Waals surface area (Å²) in [5, 5.41) is 8.47. The van der Waals surface area contributed by atoms with E-state index < -0.39 is 5.60 Å². The molecule has 0 radical (unpaired) electrons. The summed E-state index contributed by atoms with van der Waals surface area (Å²) < 4.78 is 17.8. The van der Waals surface area contributed by atoms with Crippen LogP contribution in [-0.2, 0) is 4.74 Å². The first-order valence-electron chi connectivity index (χ1n) is 12.0. The normalized spacial score (nSPS) is 30.7. The molecule has 2 aliphatic heterocycles. The number of hydrogen-bond acceptors (Lipinski definition) is 6. The Morgan fingerprint density at radius 3 is 1.97 bits per heavy atom. The van der Waals surface area contributed by atoms with Gasteiger partial charge >= 0.3 is 6.09 Å². The molecule has 7 nitrogen and oxygen atoms in total. The number of rotatable bonds is 5. The van der Waals surface area contributed by atoms with Crippen molar-refractivity contribution in [2.45, 2.75) is 115 Å². The van der Waals surface area contributed by atoms with Crippen LogP contribution in [0.15, 0.2) is 12.1 Å². The van der Waals surface area contributed by atoms with Gasteiger partial charge in [-0.2, -0.15) is 0 Å². The second-order valence-electron chi connectivity index (χ2n) is 10.4. The second kappa shape index (κ2) is 9.21. The number of ether oxygens (including phenoxy) is 3. The van der Waals surface area contributed by atoms with E-state index in [1.54, 1.807) is 0 Å². The standard InChI is InChI=1S/C24H37N3O4/c1-5-16-6-10-19(11-7-16)29-21-12-13-22(26-25-21)30-20-14-17-8-9-18(15-20)27(17)23(28)31-24(2,3)4/h12-13,16-20H,5-11,14-15H2,1-4H3/t16?,17-,18+,19?,20-. The van der Waals surface area contributed by atoms with Crippen LogP contribution in [0.25, 0.3) is 0 Å². The highest BCUT2D eigenvalue weighted by molar-refractivity contribution is 5.69. The number of piperidine rings is 1. The highest BCUT2D eigenvalue weighted by atomic mass is 16.6. The highest BCUT2D eigenvalue weighted by Crippen LogP contribution is 2.38. The maximum Gasteiger partial charge on any atom is 0.410 e. The average molecular weight is 432 g/mol. The predicted molar refractivity (Wildman–Crippen MR) is 117 cm³/mol. The van der Waals surface area contributed by atoms with Crippen LogP contribution < -0.4 is 9.47 Å². The first kappa shape index (κ1) is 22.2. The molecule has 0 aromatic carbocycles. The molecule has 3 aliphatic rings. The van der Waals surface area contributed by atoms with Gasteiger partial charge < -0.3 is 19.1 Å². The molecule has 31 heavy (non-hydrogen) atoms. The molecule has 0 spiro atoms. The molecule has 1 saturated carbocycles. The van der Waals surface area contributed by atoms with E-state index in [2.05, 4.69) is 17.1 Å². The van der Waals surface area contributed by atoms with Crippen molar-refractivity contribution in [1.29, 1.82) is 0 Å². The Morgan fingerprint density at radius 2 is 1.48 bits per heavy atom. The average Bonchev–Trinajstić information content (AvgIpc) is 3.00. The van der Waals surface area contributed by atoms with E-state index in [1.165, 1.54) is 19.3 Å². The zero-order valence-electron chi connectivity index (χ0n) is 19.4. The molecule has 2 saturated heterocycles. The molecule has 3 heterocycles. The van der Waals surface area contributed by atoms with Gasteiger partial charge in [-0.05, 0) is 65.2 Å². The molecule has 1 aromatic heterocycles. The van der Waals surface area contributed by atoms with Crippen LogP contribution in [0.3, 0.4) is 0 Å². The molecular weight excluding hydrogens is 394 g/mol. The molecule has 172 valence electrons. The van der Waals surface area contributed by atoms with Crippen molar-refractivity contribution < 1.29 is 19.0 Å². The molecule has 2 bridgehead atoms. The lowest BCUT2D eigenvalue weighted by Crippen LogP contribution is -2.50. The van der Waals surface area contributed by atoms with E-state index in [0.717, 1.165) is 44.4 Å². The van der Waals surface area contributed by atoms with Gasteiger partial charge in [-0.1, -0.05) is 13.3 Å². The van der Waals surface area contributed by atoms with Crippen LogP contribution in [0.4, 0.5) is 4.79 Å². The molecule has 4 rings (SSSR count). The van der Waals surface area contributed by atoms with Gasteiger partial charge in [0.1, 0.15) is 17.8 Å². The summed E-state index contributed by atoms with van der Waals surface area (Å²) in [5.41, 5.74) is -0.474. The molecule has 3 atom stereocenters. The number of carbonyl (C=O) groups excluding carboxylic acids is 1. The predicted octanol–water partition coefficient (Wildman–Crippen LogP) is 5.13. The summed E-state index contributed by atoms with van der Waals surface area (Å²) in [6, 6.07) is 4.06. The zero-order chi connectivity index (χ0) is 22.0. The Labute approximate surface area is 185 Å². The van der Waals surface area contributed by atoms with E-state index in [-0.39, 0.29) is 30.4 Å². The van der Waals surface area contributed by atoms with E-state index in [0.29, 0.717) is 11.8 Å². The van der Waals surface area contributed by atoms with E-state index in [4.69, 9.17) is 14.2 Å². The minimum Gasteiger partial charge on any atom is -0.473 e. The first-order valence-corrected chi connectivity index (χ1v) is 12.0. The fraction of sp³-hybridized carbons (Fsp3) is 0.792. The molecule has 1 amide bonds. The largest absolute Gasteiger partial charge is 0.473 e. The Morgan fingerprint density at radius 1 is 0.935 bits per heavy atom. The maximum absolute atomic E-state index is 12.6. The van der Waals surface area contributed by atoms with Crippen molar-refractivity contribution in [2.24, 2.45) is 5.92 Å². The number of carbonyl (C=O) groups is 1. The fourth-order valence-corrected chi connectivity index (χ4v) is 5.27. The number of aromatic nitrogens is 2. The summed E-state index contributed by atoms with van der Waals surface area (Å²) in [7, 11) is 0. The number of fused-ring (bicyclic) bond motifs is 2. The van der Waals surface area contributed by atoms with Crippen molar-refractivity contribution in [3.05, 3.63) is 12.1 Å². The van der Waals surface area contributed by atoms with Gasteiger partial charge in [-0.15, -0.1) is 10.2 Å². The van der Waals surface area contributed by atoms with Gasteiger partial charge in [0.2, 0.25) is 11.8 Å². The van der Waals surface area contributed by atoms with Crippen molar-refractivity contribution in [2.75, 3.05) is 0 Å². The van der Waals surface area contributed by atoms with Gasteiger partial charge in [0.15, 0.2) is 0 Å². The van der Waals surface area contributed by atoms with Crippen molar-refractivity contribution >= 4 is 6.09 Å². The van der Waals surface area contributed by atoms with Gasteiger partial charge in [0, 0.05) is 37.1 Å². The van der Waals surface area contributed by atoms with Crippen molar-refractivity contribution in [3.63, 3.8) is 0 Å². The first-order chi connectivity index (χ1) is 14.8. The van der Waals surface area contributed by atoms with Gasteiger partial charge in [0.05, 0.1) is 0 Å². The van der Waals surface area contributed by atoms with Crippen molar-refractivity contribution in [1.82, 2.24) is 15.1 Å². The highest BCUT2D eigenvalue weighted by Gasteiger charge is 2.45. The monoisotopic (exact) mass is 431 g/mol. The SMILES string of the molecule is CCC1CCC(Oc2ccc(O[C@@H]3C[C@H]4CC[C@@H](C3)N4C(=O)OC(C)(C)C)nn2)CC1. The third-order valence-electron chi connectivity index (χ3n) is 6.86. The third kappa shape index (κ3) is 5.60. The molecular formula is C24H37N3O4. The summed E-state index contributed by atoms with van der Waals surface area (Å²) in [6.07, 6.45) is 9.62.